The Bertz CT molecular complexity index is 893. The highest BCUT2D eigenvalue weighted by molar-refractivity contribution is 6.01. The van der Waals surface area contributed by atoms with Crippen LogP contribution in [-0.2, 0) is 20.7 Å². The summed E-state index contributed by atoms with van der Waals surface area (Å²) in [5.41, 5.74) is 2.01. The van der Waals surface area contributed by atoms with Gasteiger partial charge in [0.05, 0.1) is 24.9 Å². The number of hydrogen-bond acceptors (Lipinski definition) is 5. The summed E-state index contributed by atoms with van der Waals surface area (Å²) < 4.78 is 4.76. The summed E-state index contributed by atoms with van der Waals surface area (Å²) >= 11 is 0. The van der Waals surface area contributed by atoms with Gasteiger partial charge in [-0.2, -0.15) is 0 Å². The van der Waals surface area contributed by atoms with E-state index in [0.717, 1.165) is 12.8 Å². The topological polar surface area (TPSA) is 79.0 Å². The lowest BCUT2D eigenvalue weighted by molar-refractivity contribution is -0.133. The number of carbonyl (C=O) groups is 3. The largest absolute Gasteiger partial charge is 0.465 e. The molecule has 7 heteroatoms. The number of rotatable bonds is 8. The van der Waals surface area contributed by atoms with Crippen molar-refractivity contribution in [2.45, 2.75) is 19.3 Å². The maximum atomic E-state index is 12.5. The molecule has 0 spiro atoms. The van der Waals surface area contributed by atoms with Crippen molar-refractivity contribution in [3.05, 3.63) is 65.7 Å². The van der Waals surface area contributed by atoms with E-state index in [4.69, 9.17) is 4.74 Å². The van der Waals surface area contributed by atoms with Crippen molar-refractivity contribution < 1.29 is 19.1 Å². The molecule has 0 unspecified atom stereocenters. The lowest BCUT2D eigenvalue weighted by atomic mass is 10.1. The predicted molar refractivity (Wildman–Crippen MR) is 119 cm³/mol. The van der Waals surface area contributed by atoms with Crippen molar-refractivity contribution >= 4 is 23.5 Å². The average molecular weight is 424 g/mol. The highest BCUT2D eigenvalue weighted by atomic mass is 16.5. The molecule has 1 aliphatic heterocycles. The van der Waals surface area contributed by atoms with Gasteiger partial charge in [0, 0.05) is 32.6 Å². The quantitative estimate of drug-likeness (QED) is 0.661. The third-order valence-electron chi connectivity index (χ3n) is 5.40. The molecule has 2 amide bonds. The fourth-order valence-corrected chi connectivity index (χ4v) is 3.67. The maximum absolute atomic E-state index is 12.5. The number of anilines is 1. The smallest absolute Gasteiger partial charge is 0.339 e. The van der Waals surface area contributed by atoms with Crippen molar-refractivity contribution in [3.63, 3.8) is 0 Å². The molecule has 31 heavy (non-hydrogen) atoms. The number of nitrogens with one attached hydrogen (secondary N) is 1. The molecule has 1 saturated heterocycles. The number of methoxy groups -OCH3 is 1. The number of esters is 1. The van der Waals surface area contributed by atoms with Crippen molar-refractivity contribution in [2.75, 3.05) is 45.2 Å². The third kappa shape index (κ3) is 6.65. The van der Waals surface area contributed by atoms with Gasteiger partial charge in [0.15, 0.2) is 0 Å². The number of aryl methyl sites for hydroxylation is 1. The molecule has 1 fully saturated rings. The van der Waals surface area contributed by atoms with Gasteiger partial charge in [-0.1, -0.05) is 42.5 Å². The third-order valence-corrected chi connectivity index (χ3v) is 5.40. The number of benzene rings is 2. The summed E-state index contributed by atoms with van der Waals surface area (Å²) in [4.78, 5) is 40.7. The molecule has 2 aromatic carbocycles. The fraction of sp³-hybridized carbons (Fsp3) is 0.375. The van der Waals surface area contributed by atoms with Crippen molar-refractivity contribution in [1.29, 1.82) is 0 Å². The van der Waals surface area contributed by atoms with Crippen LogP contribution in [0.15, 0.2) is 54.6 Å². The average Bonchev–Trinajstić information content (AvgIpc) is 2.80. The van der Waals surface area contributed by atoms with Crippen LogP contribution in [0.3, 0.4) is 0 Å². The van der Waals surface area contributed by atoms with Crippen molar-refractivity contribution in [1.82, 2.24) is 9.80 Å². The van der Waals surface area contributed by atoms with E-state index >= 15 is 0 Å². The molecular formula is C24H29N3O4. The van der Waals surface area contributed by atoms with E-state index in [2.05, 4.69) is 17.4 Å². The number of ether oxygens (including phenoxy) is 1. The zero-order valence-corrected chi connectivity index (χ0v) is 17.9. The van der Waals surface area contributed by atoms with E-state index in [1.54, 1.807) is 24.3 Å². The summed E-state index contributed by atoms with van der Waals surface area (Å²) in [5.74, 6) is -0.513. The normalized spacial score (nSPS) is 14.2. The molecule has 0 bridgehead atoms. The second-order valence-electron chi connectivity index (χ2n) is 7.58. The molecule has 0 aliphatic carbocycles. The molecule has 164 valence electrons. The van der Waals surface area contributed by atoms with E-state index in [1.807, 2.05) is 28.0 Å². The lowest BCUT2D eigenvalue weighted by Gasteiger charge is -2.34. The number of para-hydroxylation sites is 1. The number of amides is 2. The number of piperazine rings is 1. The molecule has 2 aromatic rings. The number of hydrogen-bond donors (Lipinski definition) is 1. The minimum atomic E-state index is -0.490. The lowest BCUT2D eigenvalue weighted by Crippen LogP contribution is -2.50. The zero-order chi connectivity index (χ0) is 22.1. The van der Waals surface area contributed by atoms with Gasteiger partial charge in [0.25, 0.3) is 0 Å². The van der Waals surface area contributed by atoms with Gasteiger partial charge in [-0.25, -0.2) is 4.79 Å². The van der Waals surface area contributed by atoms with E-state index in [9.17, 15) is 14.4 Å². The first kappa shape index (κ1) is 22.5. The van der Waals surface area contributed by atoms with E-state index < -0.39 is 5.97 Å². The van der Waals surface area contributed by atoms with Gasteiger partial charge in [-0.3, -0.25) is 14.5 Å². The number of carbonyl (C=O) groups excluding carboxylic acids is 3. The molecule has 0 atom stereocenters. The molecule has 1 heterocycles. The second-order valence-corrected chi connectivity index (χ2v) is 7.58. The summed E-state index contributed by atoms with van der Waals surface area (Å²) in [5, 5.41) is 2.79. The first-order valence-corrected chi connectivity index (χ1v) is 10.6. The maximum Gasteiger partial charge on any atom is 0.339 e. The van der Waals surface area contributed by atoms with E-state index in [-0.39, 0.29) is 18.4 Å². The summed E-state index contributed by atoms with van der Waals surface area (Å²) in [6, 6.07) is 16.9. The van der Waals surface area contributed by atoms with Crippen LogP contribution in [0.1, 0.15) is 28.8 Å². The Morgan fingerprint density at radius 2 is 1.61 bits per heavy atom. The van der Waals surface area contributed by atoms with Gasteiger partial charge < -0.3 is 15.0 Å². The Labute approximate surface area is 183 Å². The van der Waals surface area contributed by atoms with Gasteiger partial charge in [-0.05, 0) is 30.5 Å². The van der Waals surface area contributed by atoms with Crippen molar-refractivity contribution in [2.24, 2.45) is 0 Å². The van der Waals surface area contributed by atoms with Gasteiger partial charge >= 0.3 is 5.97 Å². The first-order chi connectivity index (χ1) is 15.1. The Hall–Kier alpha value is -3.19. The Kier molecular flexibility index (Phi) is 8.18. The van der Waals surface area contributed by atoms with Gasteiger partial charge in [0.2, 0.25) is 11.8 Å². The van der Waals surface area contributed by atoms with Crippen LogP contribution in [0.5, 0.6) is 0 Å². The molecule has 3 rings (SSSR count). The highest BCUT2D eigenvalue weighted by Crippen LogP contribution is 2.16. The Balaban J connectivity index is 1.40. The standard InChI is InChI=1S/C24H29N3O4/c1-31-24(30)20-11-5-6-12-21(20)25-22(28)18-26-14-16-27(17-15-26)23(29)13-7-10-19-8-3-2-4-9-19/h2-6,8-9,11-12H,7,10,13-18H2,1H3,(H,25,28). The van der Waals surface area contributed by atoms with E-state index in [1.165, 1.54) is 12.7 Å². The van der Waals surface area contributed by atoms with Crippen molar-refractivity contribution in [3.8, 4) is 0 Å². The highest BCUT2D eigenvalue weighted by Gasteiger charge is 2.22. The summed E-state index contributed by atoms with van der Waals surface area (Å²) in [7, 11) is 1.31. The van der Waals surface area contributed by atoms with Crippen LogP contribution in [0.25, 0.3) is 0 Å². The monoisotopic (exact) mass is 423 g/mol. The van der Waals surface area contributed by atoms with Crippen LogP contribution in [0, 0.1) is 0 Å². The minimum Gasteiger partial charge on any atom is -0.465 e. The molecule has 0 radical (unpaired) electrons. The van der Waals surface area contributed by atoms with Gasteiger partial charge in [-0.15, -0.1) is 0 Å². The van der Waals surface area contributed by atoms with Gasteiger partial charge in [0.1, 0.15) is 0 Å². The zero-order valence-electron chi connectivity index (χ0n) is 17.9. The van der Waals surface area contributed by atoms with Crippen LogP contribution in [0.4, 0.5) is 5.69 Å². The minimum absolute atomic E-state index is 0.173. The molecule has 1 N–H and O–H groups in total. The molecule has 0 aromatic heterocycles. The fourth-order valence-electron chi connectivity index (χ4n) is 3.67. The summed E-state index contributed by atoms with van der Waals surface area (Å²) in [6.45, 7) is 2.75. The number of nitrogens with zero attached hydrogens (tertiary/aromatic N) is 2. The predicted octanol–water partition coefficient (Wildman–Crippen LogP) is 2.58. The summed E-state index contributed by atoms with van der Waals surface area (Å²) in [6.07, 6.45) is 2.28. The van der Waals surface area contributed by atoms with Crippen LogP contribution < -0.4 is 5.32 Å². The Morgan fingerprint density at radius 3 is 2.32 bits per heavy atom. The molecular weight excluding hydrogens is 394 g/mol. The molecule has 7 nitrogen and oxygen atoms in total. The second kappa shape index (κ2) is 11.3. The van der Waals surface area contributed by atoms with Crippen LogP contribution in [-0.4, -0.2) is 67.4 Å². The van der Waals surface area contributed by atoms with Crippen LogP contribution in [0.2, 0.25) is 0 Å². The first-order valence-electron chi connectivity index (χ1n) is 10.6. The molecule has 0 saturated carbocycles. The van der Waals surface area contributed by atoms with E-state index in [0.29, 0.717) is 43.9 Å². The Morgan fingerprint density at radius 1 is 0.935 bits per heavy atom. The molecule has 1 aliphatic rings. The SMILES string of the molecule is COC(=O)c1ccccc1NC(=O)CN1CCN(C(=O)CCCc2ccccc2)CC1. The van der Waals surface area contributed by atoms with Crippen LogP contribution >= 0.6 is 0 Å².